The van der Waals surface area contributed by atoms with Crippen LogP contribution in [0, 0.1) is 0 Å². The van der Waals surface area contributed by atoms with Crippen molar-refractivity contribution < 1.29 is 17.9 Å². The highest BCUT2D eigenvalue weighted by molar-refractivity contribution is 7.91. The van der Waals surface area contributed by atoms with Crippen LogP contribution in [0.2, 0.25) is 0 Å². The molecule has 1 amide bonds. The Morgan fingerprint density at radius 1 is 1.55 bits per heavy atom. The van der Waals surface area contributed by atoms with Crippen molar-refractivity contribution in [2.24, 2.45) is 5.73 Å². The van der Waals surface area contributed by atoms with Crippen molar-refractivity contribution in [3.63, 3.8) is 0 Å². The fourth-order valence-corrected chi connectivity index (χ4v) is 1.04. The summed E-state index contributed by atoms with van der Waals surface area (Å²) in [6.07, 6.45) is -0.948. The SMILES string of the molecule is CCS(=O)(=O)CCOC(N)=O. The highest BCUT2D eigenvalue weighted by atomic mass is 32.2. The predicted octanol–water partition coefficient (Wildman–Crippen LogP) is -0.484. The number of hydrogen-bond donors (Lipinski definition) is 1. The van der Waals surface area contributed by atoms with Crippen LogP contribution in [0.15, 0.2) is 0 Å². The van der Waals surface area contributed by atoms with Crippen molar-refractivity contribution in [1.29, 1.82) is 0 Å². The lowest BCUT2D eigenvalue weighted by molar-refractivity contribution is 0.163. The minimum absolute atomic E-state index is 0.0507. The van der Waals surface area contributed by atoms with Gasteiger partial charge in [-0.1, -0.05) is 6.92 Å². The van der Waals surface area contributed by atoms with Gasteiger partial charge in [0.25, 0.3) is 0 Å². The Bertz CT molecular complexity index is 221. The summed E-state index contributed by atoms with van der Waals surface area (Å²) in [5.41, 5.74) is 4.61. The van der Waals surface area contributed by atoms with Gasteiger partial charge in [0.15, 0.2) is 9.84 Å². The molecule has 0 aliphatic rings. The van der Waals surface area contributed by atoms with Gasteiger partial charge in [0, 0.05) is 5.75 Å². The lowest BCUT2D eigenvalue weighted by Crippen LogP contribution is -2.20. The maximum atomic E-state index is 10.7. The summed E-state index contributed by atoms with van der Waals surface area (Å²) in [6.45, 7) is 1.37. The van der Waals surface area contributed by atoms with Crippen molar-refractivity contribution in [2.45, 2.75) is 6.92 Å². The Hall–Kier alpha value is -0.780. The van der Waals surface area contributed by atoms with Crippen LogP contribution >= 0.6 is 0 Å². The van der Waals surface area contributed by atoms with Crippen molar-refractivity contribution in [3.05, 3.63) is 0 Å². The van der Waals surface area contributed by atoms with Gasteiger partial charge in [-0.05, 0) is 0 Å². The van der Waals surface area contributed by atoms with E-state index in [2.05, 4.69) is 10.5 Å². The topological polar surface area (TPSA) is 86.5 Å². The van der Waals surface area contributed by atoms with Crippen LogP contribution in [-0.2, 0) is 14.6 Å². The number of ether oxygens (including phenoxy) is 1. The summed E-state index contributed by atoms with van der Waals surface area (Å²) >= 11 is 0. The number of nitrogens with two attached hydrogens (primary N) is 1. The molecule has 0 aromatic heterocycles. The van der Waals surface area contributed by atoms with E-state index >= 15 is 0 Å². The largest absolute Gasteiger partial charge is 0.449 e. The smallest absolute Gasteiger partial charge is 0.404 e. The van der Waals surface area contributed by atoms with Gasteiger partial charge in [0.1, 0.15) is 6.61 Å². The Balaban J connectivity index is 3.63. The molecule has 0 saturated carbocycles. The molecule has 0 saturated heterocycles. The molecule has 6 heteroatoms. The van der Waals surface area contributed by atoms with E-state index in [1.165, 1.54) is 6.92 Å². The van der Waals surface area contributed by atoms with Gasteiger partial charge in [-0.15, -0.1) is 0 Å². The Morgan fingerprint density at radius 3 is 2.45 bits per heavy atom. The third kappa shape index (κ3) is 5.65. The summed E-state index contributed by atoms with van der Waals surface area (Å²) in [5.74, 6) is -0.110. The molecule has 0 aromatic rings. The van der Waals surface area contributed by atoms with E-state index in [-0.39, 0.29) is 18.1 Å². The first-order chi connectivity index (χ1) is 4.98. The van der Waals surface area contributed by atoms with Crippen molar-refractivity contribution in [2.75, 3.05) is 18.1 Å². The second kappa shape index (κ2) is 4.17. The van der Waals surface area contributed by atoms with Crippen molar-refractivity contribution in [3.8, 4) is 0 Å². The van der Waals surface area contributed by atoms with Gasteiger partial charge in [0.2, 0.25) is 0 Å². The average molecular weight is 181 g/mol. The second-order valence-corrected chi connectivity index (χ2v) is 4.38. The molecular weight excluding hydrogens is 170 g/mol. The van der Waals surface area contributed by atoms with E-state index in [0.29, 0.717) is 0 Å². The number of sulfone groups is 1. The normalized spacial score (nSPS) is 11.0. The maximum Gasteiger partial charge on any atom is 0.404 e. The number of amides is 1. The number of primary amides is 1. The minimum atomic E-state index is -3.05. The van der Waals surface area contributed by atoms with E-state index in [4.69, 9.17) is 0 Å². The van der Waals surface area contributed by atoms with E-state index < -0.39 is 15.9 Å². The van der Waals surface area contributed by atoms with Crippen molar-refractivity contribution in [1.82, 2.24) is 0 Å². The van der Waals surface area contributed by atoms with Crippen LogP contribution in [0.25, 0.3) is 0 Å². The van der Waals surface area contributed by atoms with Gasteiger partial charge in [-0.2, -0.15) is 0 Å². The molecule has 0 aromatic carbocycles. The highest BCUT2D eigenvalue weighted by Gasteiger charge is 2.07. The third-order valence-corrected chi connectivity index (χ3v) is 2.75. The molecule has 66 valence electrons. The standard InChI is InChI=1S/C5H11NO4S/c1-2-11(8,9)4-3-10-5(6)7/h2-4H2,1H3,(H2,6,7). The first-order valence-corrected chi connectivity index (χ1v) is 4.92. The van der Waals surface area contributed by atoms with Gasteiger partial charge in [0.05, 0.1) is 5.75 Å². The molecule has 0 rings (SSSR count). The molecule has 0 aliphatic heterocycles. The Kier molecular flexibility index (Phi) is 3.88. The lowest BCUT2D eigenvalue weighted by Gasteiger charge is -2.00. The van der Waals surface area contributed by atoms with Gasteiger partial charge < -0.3 is 10.5 Å². The summed E-state index contributed by atoms with van der Waals surface area (Å²) in [4.78, 5) is 9.98. The fraction of sp³-hybridized carbons (Fsp3) is 0.800. The summed E-state index contributed by atoms with van der Waals surface area (Å²) in [7, 11) is -3.05. The zero-order valence-corrected chi connectivity index (χ0v) is 7.06. The first kappa shape index (κ1) is 10.2. The van der Waals surface area contributed by atoms with Crippen LogP contribution in [-0.4, -0.2) is 32.6 Å². The molecule has 0 spiro atoms. The fourth-order valence-electron chi connectivity index (χ4n) is 0.414. The first-order valence-electron chi connectivity index (χ1n) is 3.10. The number of carbonyl (C=O) groups is 1. The minimum Gasteiger partial charge on any atom is -0.449 e. The van der Waals surface area contributed by atoms with E-state index in [1.807, 2.05) is 0 Å². The zero-order valence-electron chi connectivity index (χ0n) is 6.24. The second-order valence-electron chi connectivity index (χ2n) is 1.90. The molecule has 5 nitrogen and oxygen atoms in total. The van der Waals surface area contributed by atoms with Gasteiger partial charge in [-0.3, -0.25) is 0 Å². The van der Waals surface area contributed by atoms with Gasteiger partial charge in [-0.25, -0.2) is 13.2 Å². The van der Waals surface area contributed by atoms with Crippen LogP contribution in [0.1, 0.15) is 6.92 Å². The van der Waals surface area contributed by atoms with E-state index in [0.717, 1.165) is 0 Å². The predicted molar refractivity (Wildman–Crippen MR) is 39.9 cm³/mol. The maximum absolute atomic E-state index is 10.7. The average Bonchev–Trinajstić information content (AvgIpc) is 1.87. The number of rotatable bonds is 4. The quantitative estimate of drug-likeness (QED) is 0.634. The Labute approximate surface area is 65.4 Å². The molecule has 0 bridgehead atoms. The molecule has 0 unspecified atom stereocenters. The van der Waals surface area contributed by atoms with Crippen molar-refractivity contribution >= 4 is 15.9 Å². The van der Waals surface area contributed by atoms with Crippen LogP contribution in [0.4, 0.5) is 4.79 Å². The van der Waals surface area contributed by atoms with Crippen LogP contribution in [0.5, 0.6) is 0 Å². The molecule has 0 atom stereocenters. The summed E-state index contributed by atoms with van der Waals surface area (Å²) < 4.78 is 25.7. The van der Waals surface area contributed by atoms with Crippen LogP contribution in [0.3, 0.4) is 0 Å². The zero-order chi connectivity index (χ0) is 8.91. The molecule has 0 fully saturated rings. The molecule has 0 heterocycles. The van der Waals surface area contributed by atoms with E-state index in [9.17, 15) is 13.2 Å². The van der Waals surface area contributed by atoms with E-state index in [1.54, 1.807) is 0 Å². The molecular formula is C5H11NO4S. The molecule has 0 aliphatic carbocycles. The highest BCUT2D eigenvalue weighted by Crippen LogP contribution is 1.88. The van der Waals surface area contributed by atoms with Crippen LogP contribution < -0.4 is 5.73 Å². The molecule has 0 radical (unpaired) electrons. The molecule has 11 heavy (non-hydrogen) atoms. The molecule has 2 N–H and O–H groups in total. The monoisotopic (exact) mass is 181 g/mol. The number of carbonyl (C=O) groups excluding carboxylic acids is 1. The number of hydrogen-bond acceptors (Lipinski definition) is 4. The lowest BCUT2D eigenvalue weighted by atomic mass is 10.8. The third-order valence-electron chi connectivity index (χ3n) is 1.08. The van der Waals surface area contributed by atoms with Gasteiger partial charge >= 0.3 is 6.09 Å². The summed E-state index contributed by atoms with van der Waals surface area (Å²) in [5, 5.41) is 0. The summed E-state index contributed by atoms with van der Waals surface area (Å²) in [6, 6.07) is 0. The Morgan fingerprint density at radius 2 is 2.09 bits per heavy atom.